The summed E-state index contributed by atoms with van der Waals surface area (Å²) in [6, 6.07) is 18.7. The third-order valence-corrected chi connectivity index (χ3v) is 5.17. The van der Waals surface area contributed by atoms with Gasteiger partial charge in [-0.25, -0.2) is 5.43 Å². The lowest BCUT2D eigenvalue weighted by Gasteiger charge is -2.10. The van der Waals surface area contributed by atoms with Crippen molar-refractivity contribution in [2.75, 3.05) is 11.9 Å². The van der Waals surface area contributed by atoms with E-state index in [1.807, 2.05) is 6.07 Å². The maximum absolute atomic E-state index is 12.2. The van der Waals surface area contributed by atoms with Crippen LogP contribution in [0.2, 0.25) is 10.0 Å². The molecule has 0 atom stereocenters. The van der Waals surface area contributed by atoms with Crippen LogP contribution < -0.4 is 15.5 Å². The summed E-state index contributed by atoms with van der Waals surface area (Å²) < 4.78 is 6.41. The van der Waals surface area contributed by atoms with E-state index < -0.39 is 0 Å². The van der Waals surface area contributed by atoms with Crippen molar-refractivity contribution in [3.8, 4) is 5.75 Å². The number of amides is 2. The molecule has 0 aliphatic carbocycles. The lowest BCUT2D eigenvalue weighted by Crippen LogP contribution is -2.20. The van der Waals surface area contributed by atoms with E-state index in [0.29, 0.717) is 32.6 Å². The van der Waals surface area contributed by atoms with Gasteiger partial charge in [-0.05, 0) is 48.5 Å². The highest BCUT2D eigenvalue weighted by atomic mass is 79.9. The highest BCUT2D eigenvalue weighted by molar-refractivity contribution is 9.10. The zero-order chi connectivity index (χ0) is 22.2. The molecule has 2 N–H and O–H groups in total. The van der Waals surface area contributed by atoms with Crippen molar-refractivity contribution < 1.29 is 14.3 Å². The van der Waals surface area contributed by atoms with E-state index in [-0.39, 0.29) is 18.4 Å². The standard InChI is InChI=1S/C22H16BrCl2N3O3/c23-16-6-9-20(31-13-21(29)27-17-7-8-18(24)19(25)11-17)15(10-16)12-26-28-22(30)14-4-2-1-3-5-14/h1-12H,13H2,(H,27,29)(H,28,30)/b26-12+. The zero-order valence-corrected chi connectivity index (χ0v) is 19.0. The van der Waals surface area contributed by atoms with E-state index in [2.05, 4.69) is 31.8 Å². The molecule has 3 aromatic rings. The molecule has 9 heteroatoms. The van der Waals surface area contributed by atoms with Gasteiger partial charge < -0.3 is 10.1 Å². The van der Waals surface area contributed by atoms with Crippen LogP contribution in [-0.2, 0) is 4.79 Å². The van der Waals surface area contributed by atoms with Gasteiger partial charge in [-0.1, -0.05) is 57.3 Å². The number of nitrogens with zero attached hydrogens (tertiary/aromatic N) is 1. The van der Waals surface area contributed by atoms with Crippen LogP contribution in [-0.4, -0.2) is 24.6 Å². The van der Waals surface area contributed by atoms with Gasteiger partial charge in [-0.15, -0.1) is 0 Å². The largest absolute Gasteiger partial charge is 0.483 e. The normalized spacial score (nSPS) is 10.7. The summed E-state index contributed by atoms with van der Waals surface area (Å²) in [5.74, 6) is -0.290. The minimum Gasteiger partial charge on any atom is -0.483 e. The van der Waals surface area contributed by atoms with Gasteiger partial charge in [0.1, 0.15) is 5.75 Å². The van der Waals surface area contributed by atoms with Crippen LogP contribution >= 0.6 is 39.1 Å². The summed E-state index contributed by atoms with van der Waals surface area (Å²) >= 11 is 15.2. The number of anilines is 1. The van der Waals surface area contributed by atoms with Crippen molar-refractivity contribution in [3.05, 3.63) is 92.4 Å². The molecule has 0 heterocycles. The van der Waals surface area contributed by atoms with Crippen LogP contribution in [0.15, 0.2) is 76.3 Å². The number of halogens is 3. The molecule has 0 aliphatic rings. The second-order valence-electron chi connectivity index (χ2n) is 6.21. The Kier molecular flexibility index (Phi) is 8.06. The minimum absolute atomic E-state index is 0.237. The highest BCUT2D eigenvalue weighted by Gasteiger charge is 2.09. The quantitative estimate of drug-likeness (QED) is 0.317. The monoisotopic (exact) mass is 519 g/mol. The summed E-state index contributed by atoms with van der Waals surface area (Å²) in [7, 11) is 0. The molecule has 0 saturated carbocycles. The Labute approximate surface area is 197 Å². The second-order valence-corrected chi connectivity index (χ2v) is 7.94. The molecule has 3 aromatic carbocycles. The summed E-state index contributed by atoms with van der Waals surface area (Å²) in [5, 5.41) is 7.39. The molecule has 0 spiro atoms. The molecule has 0 saturated heterocycles. The van der Waals surface area contributed by atoms with Gasteiger partial charge >= 0.3 is 0 Å². The van der Waals surface area contributed by atoms with Gasteiger partial charge in [0.15, 0.2) is 6.61 Å². The van der Waals surface area contributed by atoms with Gasteiger partial charge in [-0.2, -0.15) is 5.10 Å². The first-order valence-corrected chi connectivity index (χ1v) is 10.5. The maximum atomic E-state index is 12.2. The molecule has 0 unspecified atom stereocenters. The van der Waals surface area contributed by atoms with E-state index in [9.17, 15) is 9.59 Å². The number of benzene rings is 3. The lowest BCUT2D eigenvalue weighted by atomic mass is 10.2. The first-order valence-electron chi connectivity index (χ1n) is 8.98. The van der Waals surface area contributed by atoms with Crippen molar-refractivity contribution in [2.24, 2.45) is 5.10 Å². The SMILES string of the molecule is O=C(COc1ccc(Br)cc1/C=N/NC(=O)c1ccccc1)Nc1ccc(Cl)c(Cl)c1. The van der Waals surface area contributed by atoms with Gasteiger partial charge in [-0.3, -0.25) is 9.59 Å². The Hall–Kier alpha value is -2.87. The summed E-state index contributed by atoms with van der Waals surface area (Å²) in [6.45, 7) is -0.237. The van der Waals surface area contributed by atoms with Crippen molar-refractivity contribution in [1.82, 2.24) is 5.43 Å². The van der Waals surface area contributed by atoms with Crippen LogP contribution in [0, 0.1) is 0 Å². The van der Waals surface area contributed by atoms with E-state index in [1.165, 1.54) is 6.21 Å². The molecule has 0 fully saturated rings. The van der Waals surface area contributed by atoms with Crippen LogP contribution in [0.1, 0.15) is 15.9 Å². The predicted molar refractivity (Wildman–Crippen MR) is 126 cm³/mol. The first kappa shape index (κ1) is 22.8. The molecule has 2 amide bonds. The number of hydrogen-bond donors (Lipinski definition) is 2. The summed E-state index contributed by atoms with van der Waals surface area (Å²) in [4.78, 5) is 24.3. The number of nitrogens with one attached hydrogen (secondary N) is 2. The number of hydrogen-bond acceptors (Lipinski definition) is 4. The molecule has 31 heavy (non-hydrogen) atoms. The Morgan fingerprint density at radius 3 is 2.52 bits per heavy atom. The first-order chi connectivity index (χ1) is 14.9. The van der Waals surface area contributed by atoms with Crippen molar-refractivity contribution >= 4 is 62.8 Å². The molecule has 0 radical (unpaired) electrons. The fraction of sp³-hybridized carbons (Fsp3) is 0.0455. The highest BCUT2D eigenvalue weighted by Crippen LogP contribution is 2.25. The van der Waals surface area contributed by atoms with Gasteiger partial charge in [0.25, 0.3) is 11.8 Å². The Morgan fingerprint density at radius 2 is 1.77 bits per heavy atom. The lowest BCUT2D eigenvalue weighted by molar-refractivity contribution is -0.118. The molecule has 0 bridgehead atoms. The fourth-order valence-corrected chi connectivity index (χ4v) is 3.16. The number of carbonyl (C=O) groups is 2. The third kappa shape index (κ3) is 6.82. The molecule has 6 nitrogen and oxygen atoms in total. The number of carbonyl (C=O) groups excluding carboxylic acids is 2. The Bertz CT molecular complexity index is 1120. The average molecular weight is 521 g/mol. The van der Waals surface area contributed by atoms with Crippen LogP contribution in [0.3, 0.4) is 0 Å². The van der Waals surface area contributed by atoms with E-state index in [4.69, 9.17) is 27.9 Å². The zero-order valence-electron chi connectivity index (χ0n) is 15.9. The van der Waals surface area contributed by atoms with Crippen LogP contribution in [0.4, 0.5) is 5.69 Å². The smallest absolute Gasteiger partial charge is 0.271 e. The van der Waals surface area contributed by atoms with E-state index >= 15 is 0 Å². The van der Waals surface area contributed by atoms with Crippen LogP contribution in [0.5, 0.6) is 5.75 Å². The molecule has 158 valence electrons. The van der Waals surface area contributed by atoms with Crippen molar-refractivity contribution in [1.29, 1.82) is 0 Å². The third-order valence-electron chi connectivity index (χ3n) is 3.94. The summed E-state index contributed by atoms with van der Waals surface area (Å²) in [5.41, 5.74) is 4.03. The molecule has 3 rings (SSSR count). The predicted octanol–water partition coefficient (Wildman–Crippen LogP) is 5.54. The van der Waals surface area contributed by atoms with Crippen molar-refractivity contribution in [3.63, 3.8) is 0 Å². The van der Waals surface area contributed by atoms with E-state index in [1.54, 1.807) is 60.7 Å². The maximum Gasteiger partial charge on any atom is 0.271 e. The van der Waals surface area contributed by atoms with E-state index in [0.717, 1.165) is 4.47 Å². The number of rotatable bonds is 7. The molecular weight excluding hydrogens is 505 g/mol. The van der Waals surface area contributed by atoms with Gasteiger partial charge in [0, 0.05) is 21.3 Å². The average Bonchev–Trinajstić information content (AvgIpc) is 2.76. The summed E-state index contributed by atoms with van der Waals surface area (Å²) in [6.07, 6.45) is 1.44. The Morgan fingerprint density at radius 1 is 1.00 bits per heavy atom. The fourth-order valence-electron chi connectivity index (χ4n) is 2.48. The molecule has 0 aromatic heterocycles. The number of hydrazone groups is 1. The molecular formula is C22H16BrCl2N3O3. The second kappa shape index (κ2) is 10.9. The van der Waals surface area contributed by atoms with Crippen molar-refractivity contribution in [2.45, 2.75) is 0 Å². The number of ether oxygens (including phenoxy) is 1. The van der Waals surface area contributed by atoms with Gasteiger partial charge in [0.05, 0.1) is 16.3 Å². The molecule has 0 aliphatic heterocycles. The topological polar surface area (TPSA) is 79.8 Å². The van der Waals surface area contributed by atoms with Crippen LogP contribution in [0.25, 0.3) is 0 Å². The minimum atomic E-state index is -0.374. The van der Waals surface area contributed by atoms with Gasteiger partial charge in [0.2, 0.25) is 0 Å². The Balaban J connectivity index is 1.62.